The van der Waals surface area contributed by atoms with Gasteiger partial charge in [0.1, 0.15) is 0 Å². The fourth-order valence-electron chi connectivity index (χ4n) is 2.85. The number of rotatable bonds is 9. The summed E-state index contributed by atoms with van der Waals surface area (Å²) in [6, 6.07) is 0. The van der Waals surface area contributed by atoms with Crippen LogP contribution < -0.4 is 10.6 Å². The molecule has 0 unspecified atom stereocenters. The van der Waals surface area contributed by atoms with Crippen molar-refractivity contribution in [2.24, 2.45) is 11.3 Å². The third kappa shape index (κ3) is 7.38. The molecule has 1 heterocycles. The molecule has 1 saturated heterocycles. The van der Waals surface area contributed by atoms with Crippen LogP contribution in [-0.4, -0.2) is 26.2 Å². The van der Waals surface area contributed by atoms with E-state index in [0.717, 1.165) is 5.92 Å². The highest BCUT2D eigenvalue weighted by Gasteiger charge is 2.17. The van der Waals surface area contributed by atoms with Crippen molar-refractivity contribution in [1.29, 1.82) is 0 Å². The minimum atomic E-state index is 0.475. The third-order valence-corrected chi connectivity index (χ3v) is 4.25. The molecule has 0 aromatic rings. The van der Waals surface area contributed by atoms with Gasteiger partial charge >= 0.3 is 0 Å². The van der Waals surface area contributed by atoms with Gasteiger partial charge in [0.2, 0.25) is 0 Å². The first kappa shape index (κ1) is 16.0. The first-order valence-corrected chi connectivity index (χ1v) is 8.05. The van der Waals surface area contributed by atoms with E-state index in [-0.39, 0.29) is 0 Å². The van der Waals surface area contributed by atoms with Crippen LogP contribution in [0.5, 0.6) is 0 Å². The van der Waals surface area contributed by atoms with E-state index in [1.54, 1.807) is 0 Å². The lowest BCUT2D eigenvalue weighted by Crippen LogP contribution is -2.33. The summed E-state index contributed by atoms with van der Waals surface area (Å²) in [5.41, 5.74) is 0.475. The Labute approximate surface area is 114 Å². The summed E-state index contributed by atoms with van der Waals surface area (Å²) in [7, 11) is 0. The molecule has 1 aliphatic heterocycles. The fourth-order valence-corrected chi connectivity index (χ4v) is 2.85. The molecule has 0 aromatic carbocycles. The molecule has 2 heteroatoms. The molecule has 0 atom stereocenters. The lowest BCUT2D eigenvalue weighted by molar-refractivity contribution is 0.289. The maximum Gasteiger partial charge on any atom is 0.000252 e. The van der Waals surface area contributed by atoms with Crippen LogP contribution in [0.4, 0.5) is 0 Å². The Morgan fingerprint density at radius 3 is 2.56 bits per heavy atom. The van der Waals surface area contributed by atoms with Crippen molar-refractivity contribution >= 4 is 0 Å². The summed E-state index contributed by atoms with van der Waals surface area (Å²) in [6.45, 7) is 11.9. The van der Waals surface area contributed by atoms with Gasteiger partial charge in [0, 0.05) is 6.54 Å². The predicted octanol–water partition coefficient (Wildman–Crippen LogP) is 3.57. The topological polar surface area (TPSA) is 24.1 Å². The first-order chi connectivity index (χ1) is 8.64. The average Bonchev–Trinajstić information content (AvgIpc) is 2.36. The molecule has 1 fully saturated rings. The molecular weight excluding hydrogens is 220 g/mol. The van der Waals surface area contributed by atoms with E-state index in [0.29, 0.717) is 5.41 Å². The van der Waals surface area contributed by atoms with Crippen LogP contribution in [0.1, 0.15) is 65.7 Å². The molecule has 0 saturated carbocycles. The molecule has 0 radical (unpaired) electrons. The fraction of sp³-hybridized carbons (Fsp3) is 1.00. The molecule has 2 nitrogen and oxygen atoms in total. The van der Waals surface area contributed by atoms with Crippen molar-refractivity contribution in [3.8, 4) is 0 Å². The van der Waals surface area contributed by atoms with Gasteiger partial charge in [-0.3, -0.25) is 0 Å². The summed E-state index contributed by atoms with van der Waals surface area (Å²) in [5.74, 6) is 0.960. The maximum absolute atomic E-state index is 3.68. The monoisotopic (exact) mass is 254 g/mol. The second kappa shape index (κ2) is 8.92. The average molecular weight is 254 g/mol. The Hall–Kier alpha value is -0.0800. The van der Waals surface area contributed by atoms with Gasteiger partial charge < -0.3 is 10.6 Å². The Balaban J connectivity index is 2.01. The quantitative estimate of drug-likeness (QED) is 0.615. The highest BCUT2D eigenvalue weighted by atomic mass is 14.9. The van der Waals surface area contributed by atoms with E-state index in [9.17, 15) is 0 Å². The van der Waals surface area contributed by atoms with E-state index in [1.165, 1.54) is 71.1 Å². The SMILES string of the molecule is CCCCCC(C)(C)CNCCC1CCNCC1. The van der Waals surface area contributed by atoms with Crippen LogP contribution in [0.25, 0.3) is 0 Å². The Morgan fingerprint density at radius 2 is 1.89 bits per heavy atom. The van der Waals surface area contributed by atoms with Gasteiger partial charge in [-0.25, -0.2) is 0 Å². The standard InChI is InChI=1S/C16H34N2/c1-4-5-6-10-16(2,3)14-18-13-9-15-7-11-17-12-8-15/h15,17-18H,4-14H2,1-3H3. The van der Waals surface area contributed by atoms with Crippen LogP contribution in [-0.2, 0) is 0 Å². The van der Waals surface area contributed by atoms with E-state index < -0.39 is 0 Å². The molecule has 0 aliphatic carbocycles. The molecule has 0 aromatic heterocycles. The van der Waals surface area contributed by atoms with E-state index in [4.69, 9.17) is 0 Å². The van der Waals surface area contributed by atoms with Gasteiger partial charge in [-0.15, -0.1) is 0 Å². The molecule has 108 valence electrons. The minimum absolute atomic E-state index is 0.475. The summed E-state index contributed by atoms with van der Waals surface area (Å²) >= 11 is 0. The van der Waals surface area contributed by atoms with E-state index in [2.05, 4.69) is 31.4 Å². The van der Waals surface area contributed by atoms with Gasteiger partial charge in [-0.05, 0) is 56.7 Å². The molecule has 1 rings (SSSR count). The molecule has 2 N–H and O–H groups in total. The van der Waals surface area contributed by atoms with Gasteiger partial charge in [0.05, 0.1) is 0 Å². The zero-order valence-electron chi connectivity index (χ0n) is 12.9. The van der Waals surface area contributed by atoms with Crippen LogP contribution in [0.15, 0.2) is 0 Å². The zero-order valence-corrected chi connectivity index (χ0v) is 12.9. The van der Waals surface area contributed by atoms with E-state index in [1.807, 2.05) is 0 Å². The number of piperidine rings is 1. The Bertz CT molecular complexity index is 195. The molecule has 0 amide bonds. The normalized spacial score (nSPS) is 18.2. The second-order valence-electron chi connectivity index (χ2n) is 6.78. The molecular formula is C16H34N2. The van der Waals surface area contributed by atoms with Crippen molar-refractivity contribution in [3.63, 3.8) is 0 Å². The van der Waals surface area contributed by atoms with Crippen LogP contribution in [0.2, 0.25) is 0 Å². The summed E-state index contributed by atoms with van der Waals surface area (Å²) in [5, 5.41) is 7.12. The van der Waals surface area contributed by atoms with E-state index >= 15 is 0 Å². The van der Waals surface area contributed by atoms with Gasteiger partial charge in [0.25, 0.3) is 0 Å². The maximum atomic E-state index is 3.68. The van der Waals surface area contributed by atoms with Crippen molar-refractivity contribution in [3.05, 3.63) is 0 Å². The molecule has 0 spiro atoms. The van der Waals surface area contributed by atoms with Crippen molar-refractivity contribution in [2.45, 2.75) is 65.7 Å². The van der Waals surface area contributed by atoms with Crippen molar-refractivity contribution in [1.82, 2.24) is 10.6 Å². The number of hydrogen-bond donors (Lipinski definition) is 2. The number of unbranched alkanes of at least 4 members (excludes halogenated alkanes) is 2. The lowest BCUT2D eigenvalue weighted by atomic mass is 9.86. The first-order valence-electron chi connectivity index (χ1n) is 8.05. The largest absolute Gasteiger partial charge is 0.317 e. The summed E-state index contributed by atoms with van der Waals surface area (Å²) < 4.78 is 0. The lowest BCUT2D eigenvalue weighted by Gasteiger charge is -2.27. The highest BCUT2D eigenvalue weighted by Crippen LogP contribution is 2.23. The Morgan fingerprint density at radius 1 is 1.17 bits per heavy atom. The Kier molecular flexibility index (Phi) is 7.92. The van der Waals surface area contributed by atoms with Crippen molar-refractivity contribution in [2.75, 3.05) is 26.2 Å². The smallest absolute Gasteiger partial charge is 0.000252 e. The number of hydrogen-bond acceptors (Lipinski definition) is 2. The summed E-state index contributed by atoms with van der Waals surface area (Å²) in [6.07, 6.45) is 9.59. The minimum Gasteiger partial charge on any atom is -0.317 e. The van der Waals surface area contributed by atoms with Gasteiger partial charge in [-0.1, -0.05) is 40.0 Å². The van der Waals surface area contributed by atoms with Crippen LogP contribution in [0.3, 0.4) is 0 Å². The third-order valence-electron chi connectivity index (χ3n) is 4.25. The number of nitrogens with one attached hydrogen (secondary N) is 2. The summed E-state index contributed by atoms with van der Waals surface area (Å²) in [4.78, 5) is 0. The van der Waals surface area contributed by atoms with Gasteiger partial charge in [-0.2, -0.15) is 0 Å². The molecule has 1 aliphatic rings. The van der Waals surface area contributed by atoms with Crippen LogP contribution in [0, 0.1) is 11.3 Å². The predicted molar refractivity (Wildman–Crippen MR) is 81.0 cm³/mol. The van der Waals surface area contributed by atoms with Crippen molar-refractivity contribution < 1.29 is 0 Å². The molecule has 18 heavy (non-hydrogen) atoms. The second-order valence-corrected chi connectivity index (χ2v) is 6.78. The molecule has 0 bridgehead atoms. The zero-order chi connectivity index (χ0) is 13.3. The van der Waals surface area contributed by atoms with Gasteiger partial charge in [0.15, 0.2) is 0 Å². The van der Waals surface area contributed by atoms with Crippen LogP contribution >= 0.6 is 0 Å². The highest BCUT2D eigenvalue weighted by molar-refractivity contribution is 4.73.